The Labute approximate surface area is 78.1 Å². The predicted octanol–water partition coefficient (Wildman–Crippen LogP) is 0.901. The third-order valence-corrected chi connectivity index (χ3v) is 2.49. The summed E-state index contributed by atoms with van der Waals surface area (Å²) in [7, 11) is 0. The van der Waals surface area contributed by atoms with E-state index in [0.29, 0.717) is 19.8 Å². The molecule has 2 saturated heterocycles. The van der Waals surface area contributed by atoms with Gasteiger partial charge in [-0.2, -0.15) is 0 Å². The van der Waals surface area contributed by atoms with Gasteiger partial charge in [0.05, 0.1) is 25.9 Å². The van der Waals surface area contributed by atoms with Crippen molar-refractivity contribution in [2.45, 2.75) is 38.4 Å². The van der Waals surface area contributed by atoms with Gasteiger partial charge in [-0.3, -0.25) is 0 Å². The molecule has 0 aromatic carbocycles. The molecule has 13 heavy (non-hydrogen) atoms. The molecule has 0 spiro atoms. The minimum absolute atomic E-state index is 0.189. The predicted molar refractivity (Wildman–Crippen MR) is 45.2 cm³/mol. The third-order valence-electron chi connectivity index (χ3n) is 2.49. The molecule has 0 saturated carbocycles. The Kier molecular flexibility index (Phi) is 2.55. The van der Waals surface area contributed by atoms with Gasteiger partial charge >= 0.3 is 0 Å². The largest absolute Gasteiger partial charge is 0.345 e. The number of hydrogen-bond donors (Lipinski definition) is 0. The molecule has 2 aliphatic heterocycles. The van der Waals surface area contributed by atoms with Gasteiger partial charge in [-0.25, -0.2) is 0 Å². The molecule has 0 aromatic rings. The van der Waals surface area contributed by atoms with Crippen LogP contribution >= 0.6 is 0 Å². The zero-order valence-corrected chi connectivity index (χ0v) is 8.12. The maximum absolute atomic E-state index is 5.63. The molecule has 0 N–H and O–H groups in total. The van der Waals surface area contributed by atoms with Crippen LogP contribution < -0.4 is 0 Å². The summed E-state index contributed by atoms with van der Waals surface area (Å²) in [5.41, 5.74) is 0. The highest BCUT2D eigenvalue weighted by molar-refractivity contribution is 4.78. The first-order chi connectivity index (χ1) is 6.24. The third kappa shape index (κ3) is 1.72. The van der Waals surface area contributed by atoms with Crippen LogP contribution in [0.15, 0.2) is 0 Å². The van der Waals surface area contributed by atoms with Crippen LogP contribution in [-0.2, 0) is 18.9 Å². The summed E-state index contributed by atoms with van der Waals surface area (Å²) in [5.74, 6) is -0.691. The fourth-order valence-electron chi connectivity index (χ4n) is 1.60. The maximum Gasteiger partial charge on any atom is 0.217 e. The number of rotatable bonds is 2. The van der Waals surface area contributed by atoms with Gasteiger partial charge in [-0.05, 0) is 13.3 Å². The van der Waals surface area contributed by atoms with Gasteiger partial charge in [0, 0.05) is 0 Å². The lowest BCUT2D eigenvalue weighted by molar-refractivity contribution is -0.274. The van der Waals surface area contributed by atoms with Crippen molar-refractivity contribution in [3.63, 3.8) is 0 Å². The van der Waals surface area contributed by atoms with Crippen molar-refractivity contribution in [3.8, 4) is 0 Å². The molecule has 2 atom stereocenters. The van der Waals surface area contributed by atoms with E-state index < -0.39 is 5.79 Å². The lowest BCUT2D eigenvalue weighted by Gasteiger charge is -2.27. The fraction of sp³-hybridized carbons (Fsp3) is 1.00. The summed E-state index contributed by atoms with van der Waals surface area (Å²) in [6.07, 6.45) is 0.793. The Morgan fingerprint density at radius 1 is 1.31 bits per heavy atom. The normalized spacial score (nSPS) is 38.3. The van der Waals surface area contributed by atoms with E-state index in [9.17, 15) is 0 Å². The molecular weight excluding hydrogens is 172 g/mol. The lowest BCUT2D eigenvalue weighted by atomic mass is 10.3. The van der Waals surface area contributed by atoms with Gasteiger partial charge in [-0.15, -0.1) is 0 Å². The molecule has 4 nitrogen and oxygen atoms in total. The second kappa shape index (κ2) is 3.53. The van der Waals surface area contributed by atoms with Crippen LogP contribution in [0, 0.1) is 0 Å². The molecular formula is C9H16O4. The Morgan fingerprint density at radius 3 is 2.54 bits per heavy atom. The topological polar surface area (TPSA) is 36.9 Å². The van der Waals surface area contributed by atoms with Crippen LogP contribution in [0.25, 0.3) is 0 Å². The van der Waals surface area contributed by atoms with Crippen molar-refractivity contribution < 1.29 is 18.9 Å². The van der Waals surface area contributed by atoms with Crippen molar-refractivity contribution in [2.75, 3.05) is 19.8 Å². The first-order valence-corrected chi connectivity index (χ1v) is 4.79. The number of hydrogen-bond acceptors (Lipinski definition) is 4. The van der Waals surface area contributed by atoms with Crippen LogP contribution in [0.4, 0.5) is 0 Å². The van der Waals surface area contributed by atoms with Crippen molar-refractivity contribution in [1.29, 1.82) is 0 Å². The van der Waals surface area contributed by atoms with Gasteiger partial charge in [0.25, 0.3) is 0 Å². The van der Waals surface area contributed by atoms with E-state index in [1.165, 1.54) is 0 Å². The van der Waals surface area contributed by atoms with Gasteiger partial charge in [0.15, 0.2) is 0 Å². The molecule has 2 unspecified atom stereocenters. The SMILES string of the molecule is CCC1COC(C2(C)OCCO2)O1. The summed E-state index contributed by atoms with van der Waals surface area (Å²) < 4.78 is 22.0. The van der Waals surface area contributed by atoms with Crippen LogP contribution in [0.3, 0.4) is 0 Å². The summed E-state index contributed by atoms with van der Waals surface area (Å²) in [5, 5.41) is 0. The molecule has 2 heterocycles. The van der Waals surface area contributed by atoms with Gasteiger partial charge in [-0.1, -0.05) is 6.92 Å². The average molecular weight is 188 g/mol. The minimum Gasteiger partial charge on any atom is -0.345 e. The Bertz CT molecular complexity index is 176. The fourth-order valence-corrected chi connectivity index (χ4v) is 1.60. The van der Waals surface area contributed by atoms with Crippen LogP contribution in [-0.4, -0.2) is 38.0 Å². The Morgan fingerprint density at radius 2 is 2.00 bits per heavy atom. The second-order valence-corrected chi connectivity index (χ2v) is 3.54. The van der Waals surface area contributed by atoms with E-state index in [0.717, 1.165) is 6.42 Å². The van der Waals surface area contributed by atoms with Gasteiger partial charge in [0.2, 0.25) is 12.1 Å². The van der Waals surface area contributed by atoms with E-state index in [2.05, 4.69) is 6.92 Å². The molecule has 0 bridgehead atoms. The van der Waals surface area contributed by atoms with E-state index in [1.807, 2.05) is 6.92 Å². The maximum atomic E-state index is 5.63. The highest BCUT2D eigenvalue weighted by atomic mass is 16.8. The molecule has 0 amide bonds. The highest BCUT2D eigenvalue weighted by Crippen LogP contribution is 2.30. The van der Waals surface area contributed by atoms with Crippen molar-refractivity contribution >= 4 is 0 Å². The summed E-state index contributed by atoms with van der Waals surface area (Å²) in [6, 6.07) is 0. The van der Waals surface area contributed by atoms with E-state index >= 15 is 0 Å². The van der Waals surface area contributed by atoms with E-state index in [-0.39, 0.29) is 12.4 Å². The first-order valence-electron chi connectivity index (χ1n) is 4.79. The van der Waals surface area contributed by atoms with Crippen LogP contribution in [0.1, 0.15) is 20.3 Å². The molecule has 4 heteroatoms. The summed E-state index contributed by atoms with van der Waals surface area (Å²) >= 11 is 0. The minimum atomic E-state index is -0.691. The molecule has 2 aliphatic rings. The zero-order valence-electron chi connectivity index (χ0n) is 8.12. The van der Waals surface area contributed by atoms with Crippen LogP contribution in [0.5, 0.6) is 0 Å². The van der Waals surface area contributed by atoms with Gasteiger partial charge in [0.1, 0.15) is 0 Å². The monoisotopic (exact) mass is 188 g/mol. The first kappa shape index (κ1) is 9.40. The second-order valence-electron chi connectivity index (χ2n) is 3.54. The van der Waals surface area contributed by atoms with Crippen molar-refractivity contribution in [3.05, 3.63) is 0 Å². The zero-order chi connectivity index (χ0) is 9.31. The summed E-state index contributed by atoms with van der Waals surface area (Å²) in [6.45, 7) is 5.83. The molecule has 0 radical (unpaired) electrons. The average Bonchev–Trinajstić information content (AvgIpc) is 2.72. The van der Waals surface area contributed by atoms with Gasteiger partial charge < -0.3 is 18.9 Å². The molecule has 2 fully saturated rings. The highest BCUT2D eigenvalue weighted by Gasteiger charge is 2.45. The van der Waals surface area contributed by atoms with E-state index in [4.69, 9.17) is 18.9 Å². The van der Waals surface area contributed by atoms with Crippen molar-refractivity contribution in [1.82, 2.24) is 0 Å². The summed E-state index contributed by atoms with van der Waals surface area (Å²) in [4.78, 5) is 0. The lowest BCUT2D eigenvalue weighted by Crippen LogP contribution is -2.41. The Balaban J connectivity index is 1.94. The number of ether oxygens (including phenoxy) is 4. The standard InChI is InChI=1S/C9H16O4/c1-3-7-6-10-8(13-7)9(2)11-4-5-12-9/h7-8H,3-6H2,1-2H3. The smallest absolute Gasteiger partial charge is 0.217 e. The molecule has 0 aliphatic carbocycles. The molecule has 2 rings (SSSR count). The van der Waals surface area contributed by atoms with Crippen molar-refractivity contribution in [2.24, 2.45) is 0 Å². The molecule has 0 aromatic heterocycles. The van der Waals surface area contributed by atoms with E-state index in [1.54, 1.807) is 0 Å². The van der Waals surface area contributed by atoms with Crippen LogP contribution in [0.2, 0.25) is 0 Å². The quantitative estimate of drug-likeness (QED) is 0.645. The Hall–Kier alpha value is -0.160. The molecule has 76 valence electrons.